The number of nitrogens with zero attached hydrogens (tertiary/aromatic N) is 1. The molecule has 0 fully saturated rings. The predicted octanol–water partition coefficient (Wildman–Crippen LogP) is 3.71. The highest BCUT2D eigenvalue weighted by Crippen LogP contribution is 2.21. The molecule has 0 heterocycles. The second-order valence-electron chi connectivity index (χ2n) is 4.54. The second-order valence-corrected chi connectivity index (χ2v) is 4.95. The van der Waals surface area contributed by atoms with Crippen LogP contribution < -0.4 is 15.5 Å². The van der Waals surface area contributed by atoms with Crippen molar-refractivity contribution in [2.45, 2.75) is 0 Å². The van der Waals surface area contributed by atoms with Crippen molar-refractivity contribution >= 4 is 29.2 Å². The summed E-state index contributed by atoms with van der Waals surface area (Å²) in [7, 11) is 1.48. The molecule has 0 aliphatic heterocycles. The van der Waals surface area contributed by atoms with E-state index in [-0.39, 0.29) is 5.11 Å². The van der Waals surface area contributed by atoms with Gasteiger partial charge in [0.1, 0.15) is 5.75 Å². The minimum atomic E-state index is -2.24. The number of ether oxygens (including phenoxy) is 1. The summed E-state index contributed by atoms with van der Waals surface area (Å²) in [6, 6.07) is 6.65. The van der Waals surface area contributed by atoms with Crippen molar-refractivity contribution in [1.29, 1.82) is 0 Å². The van der Waals surface area contributed by atoms with E-state index in [0.29, 0.717) is 17.7 Å². The maximum atomic E-state index is 13.5. The molecule has 0 aliphatic carbocycles. The van der Waals surface area contributed by atoms with Gasteiger partial charge in [0.2, 0.25) is 5.82 Å². The SMILES string of the molecule is COc1cccc(NC(=S)N/N=C/c2c(F)c(F)c(F)c(F)c2F)c1. The van der Waals surface area contributed by atoms with E-state index in [4.69, 9.17) is 17.0 Å². The fourth-order valence-electron chi connectivity index (χ4n) is 1.75. The average molecular weight is 375 g/mol. The summed E-state index contributed by atoms with van der Waals surface area (Å²) < 4.78 is 71.0. The number of anilines is 1. The molecule has 2 N–H and O–H groups in total. The quantitative estimate of drug-likeness (QED) is 0.214. The maximum Gasteiger partial charge on any atom is 0.200 e. The van der Waals surface area contributed by atoms with Gasteiger partial charge in [-0.05, 0) is 24.4 Å². The summed E-state index contributed by atoms with van der Waals surface area (Å²) in [5, 5.41) is 5.99. The first-order chi connectivity index (χ1) is 11.8. The normalized spacial score (nSPS) is 10.8. The number of hydrazone groups is 1. The zero-order valence-electron chi connectivity index (χ0n) is 12.5. The number of benzene rings is 2. The first-order valence-corrected chi connectivity index (χ1v) is 7.01. The van der Waals surface area contributed by atoms with Crippen molar-refractivity contribution in [3.63, 3.8) is 0 Å². The molecule has 0 aromatic heterocycles. The summed E-state index contributed by atoms with van der Waals surface area (Å²) in [6.45, 7) is 0. The van der Waals surface area contributed by atoms with Gasteiger partial charge in [-0.25, -0.2) is 22.0 Å². The second kappa shape index (κ2) is 7.88. The van der Waals surface area contributed by atoms with Gasteiger partial charge in [-0.1, -0.05) is 6.07 Å². The fraction of sp³-hybridized carbons (Fsp3) is 0.0667. The minimum Gasteiger partial charge on any atom is -0.497 e. The van der Waals surface area contributed by atoms with Crippen LogP contribution in [0.5, 0.6) is 5.75 Å². The van der Waals surface area contributed by atoms with Gasteiger partial charge in [0.25, 0.3) is 0 Å². The summed E-state index contributed by atoms with van der Waals surface area (Å²) >= 11 is 4.90. The van der Waals surface area contributed by atoms with Crippen LogP contribution in [-0.2, 0) is 0 Å². The van der Waals surface area contributed by atoms with Crippen molar-refractivity contribution in [1.82, 2.24) is 5.43 Å². The number of nitrogens with one attached hydrogen (secondary N) is 2. The largest absolute Gasteiger partial charge is 0.497 e. The first kappa shape index (κ1) is 18.6. The molecular weight excluding hydrogens is 365 g/mol. The van der Waals surface area contributed by atoms with E-state index in [1.54, 1.807) is 24.3 Å². The van der Waals surface area contributed by atoms with E-state index in [1.807, 2.05) is 0 Å². The Morgan fingerprint density at radius 3 is 2.24 bits per heavy atom. The van der Waals surface area contributed by atoms with Gasteiger partial charge in [0, 0.05) is 11.8 Å². The zero-order chi connectivity index (χ0) is 18.6. The van der Waals surface area contributed by atoms with Crippen molar-refractivity contribution < 1.29 is 26.7 Å². The number of hydrogen-bond donors (Lipinski definition) is 2. The molecule has 2 aromatic rings. The predicted molar refractivity (Wildman–Crippen MR) is 86.2 cm³/mol. The number of rotatable bonds is 4. The molecule has 0 amide bonds. The number of methoxy groups -OCH3 is 1. The number of hydrogen-bond acceptors (Lipinski definition) is 3. The smallest absolute Gasteiger partial charge is 0.200 e. The maximum absolute atomic E-state index is 13.5. The van der Waals surface area contributed by atoms with Crippen LogP contribution in [0.4, 0.5) is 27.6 Å². The van der Waals surface area contributed by atoms with Crippen LogP contribution >= 0.6 is 12.2 Å². The molecule has 0 spiro atoms. The summed E-state index contributed by atoms with van der Waals surface area (Å²) in [4.78, 5) is 0. The molecule has 0 saturated heterocycles. The lowest BCUT2D eigenvalue weighted by Crippen LogP contribution is -2.24. The highest BCUT2D eigenvalue weighted by atomic mass is 32.1. The Kier molecular flexibility index (Phi) is 5.86. The van der Waals surface area contributed by atoms with Crippen LogP contribution in [0.15, 0.2) is 29.4 Å². The summed E-state index contributed by atoms with van der Waals surface area (Å²) in [5.74, 6) is -9.79. The van der Waals surface area contributed by atoms with Gasteiger partial charge in [0.05, 0.1) is 18.9 Å². The third-order valence-corrected chi connectivity index (χ3v) is 3.12. The molecule has 0 aliphatic rings. The van der Waals surface area contributed by atoms with Gasteiger partial charge in [-0.3, -0.25) is 5.43 Å². The molecule has 2 rings (SSSR count). The Balaban J connectivity index is 2.09. The zero-order valence-corrected chi connectivity index (χ0v) is 13.4. The van der Waals surface area contributed by atoms with Crippen molar-refractivity contribution in [3.05, 3.63) is 58.9 Å². The van der Waals surface area contributed by atoms with E-state index in [2.05, 4.69) is 15.8 Å². The molecule has 2 aromatic carbocycles. The highest BCUT2D eigenvalue weighted by Gasteiger charge is 2.24. The van der Waals surface area contributed by atoms with E-state index < -0.39 is 34.6 Å². The summed E-state index contributed by atoms with van der Waals surface area (Å²) in [5.41, 5.74) is 1.55. The molecule has 10 heteroatoms. The fourth-order valence-corrected chi connectivity index (χ4v) is 1.92. The Morgan fingerprint density at radius 1 is 1.04 bits per heavy atom. The van der Waals surface area contributed by atoms with Crippen LogP contribution in [0.1, 0.15) is 5.56 Å². The molecule has 0 bridgehead atoms. The third kappa shape index (κ3) is 4.21. The lowest BCUT2D eigenvalue weighted by molar-refractivity contribution is 0.377. The van der Waals surface area contributed by atoms with E-state index in [1.165, 1.54) is 7.11 Å². The van der Waals surface area contributed by atoms with Gasteiger partial charge in [-0.15, -0.1) is 0 Å². The van der Waals surface area contributed by atoms with Crippen molar-refractivity contribution in [3.8, 4) is 5.75 Å². The molecule has 0 unspecified atom stereocenters. The van der Waals surface area contributed by atoms with Crippen LogP contribution in [0, 0.1) is 29.1 Å². The van der Waals surface area contributed by atoms with Gasteiger partial charge in [-0.2, -0.15) is 5.10 Å². The molecule has 0 atom stereocenters. The third-order valence-electron chi connectivity index (χ3n) is 2.93. The lowest BCUT2D eigenvalue weighted by Gasteiger charge is -2.08. The van der Waals surface area contributed by atoms with E-state index in [0.717, 1.165) is 0 Å². The topological polar surface area (TPSA) is 45.6 Å². The molecule has 0 radical (unpaired) electrons. The van der Waals surface area contributed by atoms with Crippen LogP contribution in [0.2, 0.25) is 0 Å². The monoisotopic (exact) mass is 375 g/mol. The summed E-state index contributed by atoms with van der Waals surface area (Å²) in [6.07, 6.45) is 0.440. The molecule has 25 heavy (non-hydrogen) atoms. The lowest BCUT2D eigenvalue weighted by atomic mass is 10.2. The van der Waals surface area contributed by atoms with Crippen LogP contribution in [-0.4, -0.2) is 18.4 Å². The van der Waals surface area contributed by atoms with Crippen LogP contribution in [0.3, 0.4) is 0 Å². The molecular formula is C15H10F5N3OS. The average Bonchev–Trinajstić information content (AvgIpc) is 2.61. The Bertz CT molecular complexity index is 815. The molecule has 4 nitrogen and oxygen atoms in total. The Labute approximate surface area is 144 Å². The number of thiocarbonyl (C=S) groups is 1. The first-order valence-electron chi connectivity index (χ1n) is 6.60. The number of halogens is 5. The van der Waals surface area contributed by atoms with Gasteiger partial charge >= 0.3 is 0 Å². The molecule has 132 valence electrons. The van der Waals surface area contributed by atoms with Crippen LogP contribution in [0.25, 0.3) is 0 Å². The van der Waals surface area contributed by atoms with Gasteiger partial charge < -0.3 is 10.1 Å². The van der Waals surface area contributed by atoms with Crippen molar-refractivity contribution in [2.75, 3.05) is 12.4 Å². The van der Waals surface area contributed by atoms with E-state index in [9.17, 15) is 22.0 Å². The Morgan fingerprint density at radius 2 is 1.64 bits per heavy atom. The Hall–Kier alpha value is -2.75. The van der Waals surface area contributed by atoms with E-state index >= 15 is 0 Å². The van der Waals surface area contributed by atoms with Gasteiger partial charge in [0.15, 0.2) is 28.4 Å². The highest BCUT2D eigenvalue weighted by molar-refractivity contribution is 7.80. The van der Waals surface area contributed by atoms with Crippen molar-refractivity contribution in [2.24, 2.45) is 5.10 Å². The standard InChI is InChI=1S/C15H10F5N3OS/c1-24-8-4-2-3-7(5-8)22-15(25)23-21-6-9-10(16)12(18)14(20)13(19)11(9)17/h2-6H,1H3,(H2,22,23,25)/b21-6+. The molecule has 0 saturated carbocycles. The minimum absolute atomic E-state index is 0.0756.